The first kappa shape index (κ1) is 14.5. The summed E-state index contributed by atoms with van der Waals surface area (Å²) in [6, 6.07) is 0. The molecule has 2 aliphatic carbocycles. The van der Waals surface area contributed by atoms with Gasteiger partial charge in [0.2, 0.25) is 5.79 Å². The van der Waals surface area contributed by atoms with Crippen molar-refractivity contribution in [3.8, 4) is 0 Å². The van der Waals surface area contributed by atoms with Crippen molar-refractivity contribution in [1.29, 1.82) is 0 Å². The Hall–Kier alpha value is -1.42. The van der Waals surface area contributed by atoms with E-state index in [9.17, 15) is 9.59 Å². The maximum absolute atomic E-state index is 12.1. The predicted molar refractivity (Wildman–Crippen MR) is 77.3 cm³/mol. The molecular weight excluding hydrogens is 268 g/mol. The molecule has 0 aromatic rings. The topological polar surface area (TPSA) is 52.6 Å². The van der Waals surface area contributed by atoms with Crippen LogP contribution in [0.3, 0.4) is 0 Å². The third kappa shape index (κ3) is 1.85. The fourth-order valence-corrected chi connectivity index (χ4v) is 4.01. The lowest BCUT2D eigenvalue weighted by molar-refractivity contribution is -0.220. The quantitative estimate of drug-likeness (QED) is 0.734. The van der Waals surface area contributed by atoms with Gasteiger partial charge in [-0.3, -0.25) is 4.79 Å². The molecule has 3 aliphatic rings. The molecule has 4 atom stereocenters. The molecule has 0 aromatic carbocycles. The van der Waals surface area contributed by atoms with E-state index >= 15 is 0 Å². The number of carbonyl (C=O) groups is 2. The highest BCUT2D eigenvalue weighted by molar-refractivity contribution is 5.94. The first-order chi connectivity index (χ1) is 9.84. The highest BCUT2D eigenvalue weighted by Gasteiger charge is 2.59. The van der Waals surface area contributed by atoms with Crippen molar-refractivity contribution in [3.05, 3.63) is 23.3 Å². The van der Waals surface area contributed by atoms with E-state index in [1.165, 1.54) is 0 Å². The van der Waals surface area contributed by atoms with Gasteiger partial charge in [-0.05, 0) is 37.7 Å². The maximum atomic E-state index is 12.1. The van der Waals surface area contributed by atoms with Gasteiger partial charge in [-0.15, -0.1) is 0 Å². The van der Waals surface area contributed by atoms with Gasteiger partial charge in [0.1, 0.15) is 0 Å². The van der Waals surface area contributed by atoms with Gasteiger partial charge >= 0.3 is 5.97 Å². The Labute approximate surface area is 125 Å². The molecule has 0 amide bonds. The number of fused-ring (bicyclic) bond motifs is 2. The molecule has 21 heavy (non-hydrogen) atoms. The van der Waals surface area contributed by atoms with E-state index in [4.69, 9.17) is 9.47 Å². The third-order valence-corrected chi connectivity index (χ3v) is 5.66. The Morgan fingerprint density at radius 2 is 2.14 bits per heavy atom. The van der Waals surface area contributed by atoms with Gasteiger partial charge in [0.05, 0.1) is 0 Å². The fourth-order valence-electron chi connectivity index (χ4n) is 4.01. The molecule has 4 heteroatoms. The van der Waals surface area contributed by atoms with Crippen molar-refractivity contribution in [2.75, 3.05) is 6.61 Å². The summed E-state index contributed by atoms with van der Waals surface area (Å²) in [7, 11) is 0. The molecule has 0 aromatic heterocycles. The fraction of sp³-hybridized carbons (Fsp3) is 0.647. The number of allylic oxidation sites excluding steroid dienone is 2. The average molecular weight is 290 g/mol. The zero-order valence-corrected chi connectivity index (χ0v) is 13.1. The number of rotatable bonds is 2. The monoisotopic (exact) mass is 290 g/mol. The minimum atomic E-state index is -0.912. The lowest BCUT2D eigenvalue weighted by Gasteiger charge is -2.51. The second-order valence-electron chi connectivity index (χ2n) is 6.66. The van der Waals surface area contributed by atoms with Gasteiger partial charge in [0, 0.05) is 30.1 Å². The largest absolute Gasteiger partial charge is 0.426 e. The summed E-state index contributed by atoms with van der Waals surface area (Å²) in [5, 5.41) is 0. The van der Waals surface area contributed by atoms with Crippen LogP contribution in [0, 0.1) is 17.3 Å². The normalized spacial score (nSPS) is 41.9. The second-order valence-corrected chi connectivity index (χ2v) is 6.66. The molecule has 3 rings (SSSR count). The molecule has 0 bridgehead atoms. The number of hydrogen-bond acceptors (Lipinski definition) is 4. The SMILES string of the molecule is CCO[C@@]12C[C@@H]3C=CC(=O)[C@H](C)[C@@]3(C)CC1=C(C)C(=O)O2. The van der Waals surface area contributed by atoms with Crippen LogP contribution in [0.2, 0.25) is 0 Å². The van der Waals surface area contributed by atoms with Crippen molar-refractivity contribution in [2.24, 2.45) is 17.3 Å². The predicted octanol–water partition coefficient (Wildman–Crippen LogP) is 2.78. The Bertz CT molecular complexity index is 573. The van der Waals surface area contributed by atoms with E-state index in [2.05, 4.69) is 6.92 Å². The van der Waals surface area contributed by atoms with Crippen LogP contribution in [0.5, 0.6) is 0 Å². The molecule has 0 saturated heterocycles. The lowest BCUT2D eigenvalue weighted by Crippen LogP contribution is -2.51. The van der Waals surface area contributed by atoms with Gasteiger partial charge in [0.15, 0.2) is 5.78 Å². The Morgan fingerprint density at radius 3 is 2.81 bits per heavy atom. The molecule has 1 heterocycles. The molecule has 114 valence electrons. The molecule has 0 N–H and O–H groups in total. The summed E-state index contributed by atoms with van der Waals surface area (Å²) >= 11 is 0. The molecular formula is C17H22O4. The van der Waals surface area contributed by atoms with Gasteiger partial charge in [-0.25, -0.2) is 4.79 Å². The molecule has 0 spiro atoms. The molecule has 0 radical (unpaired) electrons. The van der Waals surface area contributed by atoms with Gasteiger partial charge in [-0.1, -0.05) is 19.9 Å². The van der Waals surface area contributed by atoms with Gasteiger partial charge in [-0.2, -0.15) is 0 Å². The van der Waals surface area contributed by atoms with E-state index in [1.54, 1.807) is 13.0 Å². The van der Waals surface area contributed by atoms with Gasteiger partial charge < -0.3 is 9.47 Å². The van der Waals surface area contributed by atoms with Gasteiger partial charge in [0.25, 0.3) is 0 Å². The zero-order chi connectivity index (χ0) is 15.4. The summed E-state index contributed by atoms with van der Waals surface area (Å²) in [6.45, 7) is 8.33. The summed E-state index contributed by atoms with van der Waals surface area (Å²) in [5.74, 6) is -0.906. The smallest absolute Gasteiger partial charge is 0.336 e. The van der Waals surface area contributed by atoms with Crippen LogP contribution in [0.25, 0.3) is 0 Å². The third-order valence-electron chi connectivity index (χ3n) is 5.66. The van der Waals surface area contributed by atoms with Crippen LogP contribution >= 0.6 is 0 Å². The Balaban J connectivity index is 2.08. The van der Waals surface area contributed by atoms with E-state index in [-0.39, 0.29) is 29.0 Å². The number of ether oxygens (including phenoxy) is 2. The lowest BCUT2D eigenvalue weighted by atomic mass is 9.55. The molecule has 0 unspecified atom stereocenters. The van der Waals surface area contributed by atoms with E-state index in [0.717, 1.165) is 5.57 Å². The van der Waals surface area contributed by atoms with Crippen molar-refractivity contribution in [3.63, 3.8) is 0 Å². The van der Waals surface area contributed by atoms with Crippen LogP contribution in [0.4, 0.5) is 0 Å². The van der Waals surface area contributed by atoms with Crippen molar-refractivity contribution in [1.82, 2.24) is 0 Å². The summed E-state index contributed by atoms with van der Waals surface area (Å²) in [6.07, 6.45) is 4.92. The summed E-state index contributed by atoms with van der Waals surface area (Å²) < 4.78 is 11.5. The van der Waals surface area contributed by atoms with Crippen LogP contribution in [0.1, 0.15) is 40.5 Å². The first-order valence-electron chi connectivity index (χ1n) is 7.63. The first-order valence-corrected chi connectivity index (χ1v) is 7.63. The van der Waals surface area contributed by atoms with E-state index in [1.807, 2.05) is 19.9 Å². The second kappa shape index (κ2) is 4.54. The van der Waals surface area contributed by atoms with Crippen molar-refractivity contribution < 1.29 is 19.1 Å². The van der Waals surface area contributed by atoms with E-state index in [0.29, 0.717) is 25.0 Å². The molecule has 1 saturated carbocycles. The molecule has 1 fully saturated rings. The average Bonchev–Trinajstić information content (AvgIpc) is 2.66. The molecule has 4 nitrogen and oxygen atoms in total. The number of esters is 1. The maximum Gasteiger partial charge on any atom is 0.336 e. The van der Waals surface area contributed by atoms with Crippen molar-refractivity contribution >= 4 is 11.8 Å². The highest BCUT2D eigenvalue weighted by Crippen LogP contribution is 2.58. The highest BCUT2D eigenvalue weighted by atomic mass is 16.7. The van der Waals surface area contributed by atoms with Crippen LogP contribution in [-0.2, 0) is 19.1 Å². The zero-order valence-electron chi connectivity index (χ0n) is 13.1. The minimum absolute atomic E-state index is 0.0527. The Morgan fingerprint density at radius 1 is 1.43 bits per heavy atom. The van der Waals surface area contributed by atoms with Crippen LogP contribution in [-0.4, -0.2) is 24.1 Å². The number of hydrogen-bond donors (Lipinski definition) is 0. The summed E-state index contributed by atoms with van der Waals surface area (Å²) in [4.78, 5) is 24.1. The summed E-state index contributed by atoms with van der Waals surface area (Å²) in [5.41, 5.74) is 1.41. The minimum Gasteiger partial charge on any atom is -0.426 e. The number of carbonyl (C=O) groups excluding carboxylic acids is 2. The van der Waals surface area contributed by atoms with E-state index < -0.39 is 5.79 Å². The Kier molecular flexibility index (Phi) is 3.14. The standard InChI is InChI=1S/C17H22O4/c1-5-20-17-8-12-6-7-14(18)11(3)16(12,4)9-13(17)10(2)15(19)21-17/h6-7,11-12H,5,8-9H2,1-4H3/t11-,12-,16+,17+/m0/s1. The van der Waals surface area contributed by atoms with Crippen molar-refractivity contribution in [2.45, 2.75) is 46.3 Å². The van der Waals surface area contributed by atoms with Crippen LogP contribution in [0.15, 0.2) is 23.3 Å². The number of ketones is 1. The molecule has 1 aliphatic heterocycles. The van der Waals surface area contributed by atoms with Crippen LogP contribution < -0.4 is 0 Å².